The number of benzene rings is 1. The Labute approximate surface area is 235 Å². The molecule has 0 saturated carbocycles. The average molecular weight is 544 g/mol. The van der Waals surface area contributed by atoms with Crippen LogP contribution in [0.2, 0.25) is 0 Å². The number of aryl methyl sites for hydroxylation is 1. The molecular formula is C31H37N5O4. The Morgan fingerprint density at radius 3 is 2.52 bits per heavy atom. The number of nitrogens with zero attached hydrogens (tertiary/aromatic N) is 4. The van der Waals surface area contributed by atoms with Crippen molar-refractivity contribution < 1.29 is 19.7 Å². The van der Waals surface area contributed by atoms with Crippen LogP contribution < -0.4 is 10.2 Å². The van der Waals surface area contributed by atoms with E-state index < -0.39 is 5.41 Å². The Balaban J connectivity index is 1.69. The number of aliphatic hydroxyl groups is 2. The van der Waals surface area contributed by atoms with Gasteiger partial charge in [-0.25, -0.2) is 4.98 Å². The second-order valence-electron chi connectivity index (χ2n) is 10.6. The maximum Gasteiger partial charge on any atom is 0.255 e. The summed E-state index contributed by atoms with van der Waals surface area (Å²) in [5.74, 6) is 0.655. The summed E-state index contributed by atoms with van der Waals surface area (Å²) in [6.07, 6.45) is 3.30. The molecule has 0 spiro atoms. The molecule has 1 fully saturated rings. The Hall–Kier alpha value is -3.84. The second kappa shape index (κ2) is 13.0. The van der Waals surface area contributed by atoms with Crippen molar-refractivity contribution in [3.05, 3.63) is 71.2 Å². The number of ether oxygens (including phenoxy) is 1. The second-order valence-corrected chi connectivity index (χ2v) is 10.6. The summed E-state index contributed by atoms with van der Waals surface area (Å²) in [5, 5.41) is 31.7. The molecule has 3 N–H and O–H groups in total. The quantitative estimate of drug-likeness (QED) is 0.347. The Bertz CT molecular complexity index is 1370. The number of aliphatic hydroxyl groups excluding tert-OH is 2. The number of carbonyl (C=O) groups is 1. The lowest BCUT2D eigenvalue weighted by atomic mass is 9.90. The first-order valence-corrected chi connectivity index (χ1v) is 13.6. The van der Waals surface area contributed by atoms with Gasteiger partial charge in [0.2, 0.25) is 0 Å². The smallest absolute Gasteiger partial charge is 0.255 e. The van der Waals surface area contributed by atoms with E-state index in [1.54, 1.807) is 32.2 Å². The lowest BCUT2D eigenvalue weighted by molar-refractivity contribution is 0.0845. The van der Waals surface area contributed by atoms with Crippen LogP contribution in [0.25, 0.3) is 11.1 Å². The Kier molecular flexibility index (Phi) is 9.48. The van der Waals surface area contributed by atoms with Gasteiger partial charge in [-0.2, -0.15) is 5.26 Å². The number of nitriles is 1. The first kappa shape index (κ1) is 29.2. The van der Waals surface area contributed by atoms with Gasteiger partial charge in [-0.15, -0.1) is 0 Å². The van der Waals surface area contributed by atoms with Crippen molar-refractivity contribution in [2.24, 2.45) is 0 Å². The average Bonchev–Trinajstić information content (AvgIpc) is 2.98. The summed E-state index contributed by atoms with van der Waals surface area (Å²) in [4.78, 5) is 24.3. The van der Waals surface area contributed by atoms with Gasteiger partial charge in [0.15, 0.2) is 0 Å². The molecule has 0 atom stereocenters. The number of hydrogen-bond donors (Lipinski definition) is 3. The van der Waals surface area contributed by atoms with E-state index in [0.717, 1.165) is 35.2 Å². The van der Waals surface area contributed by atoms with Crippen LogP contribution in [0, 0.1) is 18.3 Å². The molecule has 0 bridgehead atoms. The van der Waals surface area contributed by atoms with Crippen molar-refractivity contribution in [2.45, 2.75) is 44.9 Å². The fourth-order valence-electron chi connectivity index (χ4n) is 4.82. The minimum absolute atomic E-state index is 0.0542. The Morgan fingerprint density at radius 2 is 1.85 bits per heavy atom. The molecule has 9 heteroatoms. The topological polar surface area (TPSA) is 132 Å². The van der Waals surface area contributed by atoms with Gasteiger partial charge in [0.1, 0.15) is 5.82 Å². The summed E-state index contributed by atoms with van der Waals surface area (Å²) in [6.45, 7) is 7.53. The molecule has 4 rings (SSSR count). The van der Waals surface area contributed by atoms with Crippen LogP contribution in [0.1, 0.15) is 59.9 Å². The molecule has 2 aromatic heterocycles. The van der Waals surface area contributed by atoms with Crippen molar-refractivity contribution in [3.63, 3.8) is 0 Å². The van der Waals surface area contributed by atoms with Gasteiger partial charge in [-0.1, -0.05) is 6.07 Å². The minimum Gasteiger partial charge on any atom is -0.395 e. The molecule has 1 aliphatic heterocycles. The van der Waals surface area contributed by atoms with Crippen molar-refractivity contribution in [2.75, 3.05) is 49.7 Å². The van der Waals surface area contributed by atoms with E-state index in [4.69, 9.17) is 9.72 Å². The third-order valence-corrected chi connectivity index (χ3v) is 7.28. The highest BCUT2D eigenvalue weighted by Crippen LogP contribution is 2.34. The summed E-state index contributed by atoms with van der Waals surface area (Å²) < 4.78 is 5.57. The van der Waals surface area contributed by atoms with Crippen LogP contribution in [0.3, 0.4) is 0 Å². The number of carbonyl (C=O) groups excluding carboxylic acids is 1. The molecule has 1 aromatic carbocycles. The van der Waals surface area contributed by atoms with E-state index >= 15 is 0 Å². The summed E-state index contributed by atoms with van der Waals surface area (Å²) in [6, 6.07) is 15.4. The van der Waals surface area contributed by atoms with Crippen molar-refractivity contribution >= 4 is 17.4 Å². The Morgan fingerprint density at radius 1 is 1.12 bits per heavy atom. The molecule has 0 aliphatic carbocycles. The number of pyridine rings is 2. The third kappa shape index (κ3) is 6.83. The van der Waals surface area contributed by atoms with Crippen LogP contribution in [0.15, 0.2) is 48.7 Å². The number of amides is 1. The molecule has 1 aliphatic rings. The number of rotatable bonds is 10. The summed E-state index contributed by atoms with van der Waals surface area (Å²) in [5.41, 5.74) is 4.67. The largest absolute Gasteiger partial charge is 0.395 e. The highest BCUT2D eigenvalue weighted by Gasteiger charge is 2.23. The highest BCUT2D eigenvalue weighted by molar-refractivity contribution is 6.04. The van der Waals surface area contributed by atoms with Crippen LogP contribution in [0.5, 0.6) is 0 Å². The predicted molar refractivity (Wildman–Crippen MR) is 154 cm³/mol. The number of aromatic nitrogens is 2. The van der Waals surface area contributed by atoms with Gasteiger partial charge in [-0.05, 0) is 86.7 Å². The minimum atomic E-state index is -0.811. The van der Waals surface area contributed by atoms with Crippen LogP contribution in [-0.2, 0) is 10.2 Å². The fraction of sp³-hybridized carbons (Fsp3) is 0.419. The fourth-order valence-corrected chi connectivity index (χ4v) is 4.82. The zero-order valence-electron chi connectivity index (χ0n) is 23.4. The van der Waals surface area contributed by atoms with E-state index in [1.165, 1.54) is 0 Å². The lowest BCUT2D eigenvalue weighted by Gasteiger charge is -2.27. The van der Waals surface area contributed by atoms with E-state index in [0.29, 0.717) is 49.1 Å². The highest BCUT2D eigenvalue weighted by atomic mass is 16.5. The zero-order chi connectivity index (χ0) is 28.7. The standard InChI is InChI=1S/C31H37N5O4/c1-21-4-5-25(34-30(39)23-6-9-33-28(17-23)31(2,3)20-32)19-26(21)24-16-27(22-7-14-40-15-8-22)35-29(18-24)36(10-12-37)11-13-38/h4-6,9,16-19,22,37-38H,7-8,10-15H2,1-3H3,(H,34,39). The molecular weight excluding hydrogens is 506 g/mol. The van der Waals surface area contributed by atoms with Crippen LogP contribution in [-0.4, -0.2) is 65.6 Å². The lowest BCUT2D eigenvalue weighted by Crippen LogP contribution is -2.31. The summed E-state index contributed by atoms with van der Waals surface area (Å²) >= 11 is 0. The van der Waals surface area contributed by atoms with Gasteiger partial charge in [-0.3, -0.25) is 9.78 Å². The van der Waals surface area contributed by atoms with Crippen molar-refractivity contribution in [1.29, 1.82) is 5.26 Å². The van der Waals surface area contributed by atoms with Gasteiger partial charge in [0, 0.05) is 55.4 Å². The van der Waals surface area contributed by atoms with Crippen LogP contribution >= 0.6 is 0 Å². The SMILES string of the molecule is Cc1ccc(NC(=O)c2ccnc(C(C)(C)C#N)c2)cc1-c1cc(C2CCOCC2)nc(N(CCO)CCO)c1. The van der Waals surface area contributed by atoms with Crippen LogP contribution in [0.4, 0.5) is 11.5 Å². The molecule has 1 saturated heterocycles. The predicted octanol–water partition coefficient (Wildman–Crippen LogP) is 4.19. The van der Waals surface area contributed by atoms with Crippen molar-refractivity contribution in [3.8, 4) is 17.2 Å². The van der Waals surface area contributed by atoms with E-state index in [1.807, 2.05) is 36.1 Å². The molecule has 0 unspecified atom stereocenters. The normalized spacial score (nSPS) is 14.0. The van der Waals surface area contributed by atoms with Gasteiger partial charge < -0.3 is 25.2 Å². The maximum atomic E-state index is 13.2. The molecule has 9 nitrogen and oxygen atoms in total. The molecule has 210 valence electrons. The van der Waals surface area contributed by atoms with E-state index in [-0.39, 0.29) is 25.0 Å². The maximum absolute atomic E-state index is 13.2. The summed E-state index contributed by atoms with van der Waals surface area (Å²) in [7, 11) is 0. The zero-order valence-corrected chi connectivity index (χ0v) is 23.4. The number of hydrogen-bond acceptors (Lipinski definition) is 8. The van der Waals surface area contributed by atoms with E-state index in [2.05, 4.69) is 22.4 Å². The molecule has 0 radical (unpaired) electrons. The molecule has 40 heavy (non-hydrogen) atoms. The number of anilines is 2. The van der Waals surface area contributed by atoms with E-state index in [9.17, 15) is 20.3 Å². The molecule has 1 amide bonds. The first-order valence-electron chi connectivity index (χ1n) is 13.6. The molecule has 3 heterocycles. The van der Waals surface area contributed by atoms with Gasteiger partial charge >= 0.3 is 0 Å². The monoisotopic (exact) mass is 543 g/mol. The molecule has 3 aromatic rings. The first-order chi connectivity index (χ1) is 19.2. The van der Waals surface area contributed by atoms with Gasteiger partial charge in [0.25, 0.3) is 5.91 Å². The number of nitrogens with one attached hydrogen (secondary N) is 1. The van der Waals surface area contributed by atoms with Crippen molar-refractivity contribution in [1.82, 2.24) is 9.97 Å². The third-order valence-electron chi connectivity index (χ3n) is 7.28. The van der Waals surface area contributed by atoms with Gasteiger partial charge in [0.05, 0.1) is 30.4 Å².